The predicted octanol–water partition coefficient (Wildman–Crippen LogP) is 4.70. The Morgan fingerprint density at radius 3 is 2.18 bits per heavy atom. The van der Waals surface area contributed by atoms with Crippen molar-refractivity contribution in [1.29, 1.82) is 0 Å². The maximum atomic E-state index is 12.4. The first kappa shape index (κ1) is 25.3. The summed E-state index contributed by atoms with van der Waals surface area (Å²) in [6, 6.07) is 15.4. The molecule has 0 aliphatic heterocycles. The highest BCUT2D eigenvalue weighted by atomic mass is 16.5. The van der Waals surface area contributed by atoms with E-state index < -0.39 is 18.1 Å². The first-order valence-electron chi connectivity index (χ1n) is 12.1. The first-order valence-corrected chi connectivity index (χ1v) is 12.1. The van der Waals surface area contributed by atoms with Gasteiger partial charge in [0, 0.05) is 18.9 Å². The lowest BCUT2D eigenvalue weighted by molar-refractivity contribution is -0.142. The van der Waals surface area contributed by atoms with Gasteiger partial charge < -0.3 is 20.5 Å². The molecule has 0 spiro atoms. The molecule has 182 valence electrons. The van der Waals surface area contributed by atoms with Gasteiger partial charge in [0.15, 0.2) is 0 Å². The fourth-order valence-corrected chi connectivity index (χ4v) is 4.42. The van der Waals surface area contributed by atoms with Crippen LogP contribution >= 0.6 is 0 Å². The summed E-state index contributed by atoms with van der Waals surface area (Å²) in [5.41, 5.74) is 4.64. The first-order chi connectivity index (χ1) is 16.4. The Kier molecular flexibility index (Phi) is 9.08. The summed E-state index contributed by atoms with van der Waals surface area (Å²) in [6.45, 7) is 4.42. The van der Waals surface area contributed by atoms with Gasteiger partial charge in [0.05, 0.1) is 0 Å². The van der Waals surface area contributed by atoms with E-state index in [0.717, 1.165) is 24.0 Å². The van der Waals surface area contributed by atoms with Crippen molar-refractivity contribution in [2.24, 2.45) is 5.92 Å². The molecule has 0 fully saturated rings. The zero-order valence-electron chi connectivity index (χ0n) is 19.9. The molecule has 3 rings (SSSR count). The van der Waals surface area contributed by atoms with E-state index in [1.54, 1.807) is 0 Å². The van der Waals surface area contributed by atoms with Gasteiger partial charge in [-0.1, -0.05) is 81.6 Å². The SMILES string of the molecule is CCCC[C@H](NC(=O)CC(CC)CNC(=O)OCC1c2ccccc2-c2ccccc21)C(=O)O. The molecule has 2 aromatic rings. The molecule has 34 heavy (non-hydrogen) atoms. The molecule has 2 atom stereocenters. The molecule has 2 aromatic carbocycles. The van der Waals surface area contributed by atoms with Crippen LogP contribution in [-0.2, 0) is 14.3 Å². The number of hydrogen-bond acceptors (Lipinski definition) is 4. The third kappa shape index (κ3) is 6.37. The summed E-state index contributed by atoms with van der Waals surface area (Å²) in [5, 5.41) is 14.7. The molecule has 1 aliphatic rings. The Bertz CT molecular complexity index is 961. The minimum absolute atomic E-state index is 0.0121. The number of carbonyl (C=O) groups excluding carboxylic acids is 2. The van der Waals surface area contributed by atoms with Crippen molar-refractivity contribution >= 4 is 18.0 Å². The second-order valence-electron chi connectivity index (χ2n) is 8.79. The van der Waals surface area contributed by atoms with Crippen molar-refractivity contribution in [2.75, 3.05) is 13.2 Å². The smallest absolute Gasteiger partial charge is 0.407 e. The van der Waals surface area contributed by atoms with E-state index in [4.69, 9.17) is 4.74 Å². The molecule has 1 unspecified atom stereocenters. The number of fused-ring (bicyclic) bond motifs is 3. The molecule has 0 aromatic heterocycles. The predicted molar refractivity (Wildman–Crippen MR) is 131 cm³/mol. The second kappa shape index (κ2) is 12.2. The Morgan fingerprint density at radius 2 is 1.62 bits per heavy atom. The van der Waals surface area contributed by atoms with Crippen LogP contribution in [-0.4, -0.2) is 42.3 Å². The highest BCUT2D eigenvalue weighted by Crippen LogP contribution is 2.44. The monoisotopic (exact) mass is 466 g/mol. The molecule has 0 saturated heterocycles. The normalized spacial score (nSPS) is 13.9. The average molecular weight is 467 g/mol. The number of rotatable bonds is 12. The van der Waals surface area contributed by atoms with Gasteiger partial charge >= 0.3 is 12.1 Å². The number of amides is 2. The van der Waals surface area contributed by atoms with Crippen molar-refractivity contribution in [2.45, 2.75) is 57.9 Å². The Labute approximate surface area is 200 Å². The number of aliphatic carboxylic acids is 1. The summed E-state index contributed by atoms with van der Waals surface area (Å²) in [4.78, 5) is 36.1. The molecule has 2 amide bonds. The van der Waals surface area contributed by atoms with Gasteiger partial charge in [-0.3, -0.25) is 4.79 Å². The number of carboxylic acids is 1. The van der Waals surface area contributed by atoms with E-state index >= 15 is 0 Å². The standard InChI is InChI=1S/C27H34N2O5/c1-3-5-14-24(26(31)32)29-25(30)15-18(4-2)16-28-27(33)34-17-23-21-12-8-6-10-19(21)20-11-7-9-13-22(20)23/h6-13,18,23-24H,3-5,14-17H2,1-2H3,(H,28,33)(H,29,30)(H,31,32)/t18?,24-/m0/s1. The fraction of sp³-hybridized carbons (Fsp3) is 0.444. The molecule has 0 heterocycles. The van der Waals surface area contributed by atoms with Crippen LogP contribution in [0.4, 0.5) is 4.79 Å². The number of benzene rings is 2. The number of unbranched alkanes of at least 4 members (excludes halogenated alkanes) is 1. The molecule has 1 aliphatic carbocycles. The summed E-state index contributed by atoms with van der Waals surface area (Å²) >= 11 is 0. The van der Waals surface area contributed by atoms with Crippen LogP contribution in [0.2, 0.25) is 0 Å². The van der Waals surface area contributed by atoms with Gasteiger partial charge in [-0.15, -0.1) is 0 Å². The number of alkyl carbamates (subject to hydrolysis) is 1. The Balaban J connectivity index is 1.49. The topological polar surface area (TPSA) is 105 Å². The van der Waals surface area contributed by atoms with E-state index in [1.807, 2.05) is 38.1 Å². The summed E-state index contributed by atoms with van der Waals surface area (Å²) in [5.74, 6) is -1.46. The lowest BCUT2D eigenvalue weighted by Gasteiger charge is -2.19. The molecule has 0 radical (unpaired) electrons. The largest absolute Gasteiger partial charge is 0.480 e. The highest BCUT2D eigenvalue weighted by Gasteiger charge is 2.29. The summed E-state index contributed by atoms with van der Waals surface area (Å²) < 4.78 is 5.55. The van der Waals surface area contributed by atoms with E-state index in [1.165, 1.54) is 11.1 Å². The quantitative estimate of drug-likeness (QED) is 0.421. The van der Waals surface area contributed by atoms with Crippen molar-refractivity contribution in [3.63, 3.8) is 0 Å². The maximum Gasteiger partial charge on any atom is 0.407 e. The molecule has 7 nitrogen and oxygen atoms in total. The number of carbonyl (C=O) groups is 3. The van der Waals surface area contributed by atoms with Crippen LogP contribution in [0.25, 0.3) is 11.1 Å². The molecule has 3 N–H and O–H groups in total. The number of nitrogens with one attached hydrogen (secondary N) is 2. The zero-order chi connectivity index (χ0) is 24.5. The van der Waals surface area contributed by atoms with Gasteiger partial charge in [-0.2, -0.15) is 0 Å². The van der Waals surface area contributed by atoms with Gasteiger partial charge in [0.1, 0.15) is 12.6 Å². The third-order valence-electron chi connectivity index (χ3n) is 6.41. The number of ether oxygens (including phenoxy) is 1. The minimum atomic E-state index is -1.02. The van der Waals surface area contributed by atoms with Crippen LogP contribution in [0.15, 0.2) is 48.5 Å². The van der Waals surface area contributed by atoms with Crippen LogP contribution in [0.5, 0.6) is 0 Å². The van der Waals surface area contributed by atoms with E-state index in [2.05, 4.69) is 34.9 Å². The van der Waals surface area contributed by atoms with Crippen LogP contribution in [0.1, 0.15) is 63.0 Å². The second-order valence-corrected chi connectivity index (χ2v) is 8.79. The van der Waals surface area contributed by atoms with Gasteiger partial charge in [-0.05, 0) is 34.6 Å². The van der Waals surface area contributed by atoms with Crippen molar-refractivity contribution in [1.82, 2.24) is 10.6 Å². The molecule has 0 saturated carbocycles. The van der Waals surface area contributed by atoms with Crippen LogP contribution in [0, 0.1) is 5.92 Å². The Morgan fingerprint density at radius 1 is 1.00 bits per heavy atom. The van der Waals surface area contributed by atoms with Crippen LogP contribution < -0.4 is 10.6 Å². The van der Waals surface area contributed by atoms with Crippen molar-refractivity contribution < 1.29 is 24.2 Å². The molecular weight excluding hydrogens is 432 g/mol. The number of carboxylic acid groups (broad SMARTS) is 1. The van der Waals surface area contributed by atoms with Crippen LogP contribution in [0.3, 0.4) is 0 Å². The highest BCUT2D eigenvalue weighted by molar-refractivity contribution is 5.83. The Hall–Kier alpha value is -3.35. The lowest BCUT2D eigenvalue weighted by Crippen LogP contribution is -2.42. The van der Waals surface area contributed by atoms with Crippen molar-refractivity contribution in [3.05, 3.63) is 59.7 Å². The van der Waals surface area contributed by atoms with E-state index in [9.17, 15) is 19.5 Å². The minimum Gasteiger partial charge on any atom is -0.480 e. The number of hydrogen-bond donors (Lipinski definition) is 3. The maximum absolute atomic E-state index is 12.4. The fourth-order valence-electron chi connectivity index (χ4n) is 4.42. The van der Waals surface area contributed by atoms with E-state index in [0.29, 0.717) is 12.8 Å². The molecular formula is C27H34N2O5. The van der Waals surface area contributed by atoms with Crippen molar-refractivity contribution in [3.8, 4) is 11.1 Å². The van der Waals surface area contributed by atoms with Gasteiger partial charge in [0.2, 0.25) is 5.91 Å². The third-order valence-corrected chi connectivity index (χ3v) is 6.41. The van der Waals surface area contributed by atoms with E-state index in [-0.39, 0.29) is 37.3 Å². The summed E-state index contributed by atoms with van der Waals surface area (Å²) in [7, 11) is 0. The summed E-state index contributed by atoms with van der Waals surface area (Å²) in [6.07, 6.45) is 2.30. The zero-order valence-corrected chi connectivity index (χ0v) is 19.9. The van der Waals surface area contributed by atoms with Gasteiger partial charge in [-0.25, -0.2) is 9.59 Å². The average Bonchev–Trinajstić information content (AvgIpc) is 3.16. The molecule has 7 heteroatoms. The van der Waals surface area contributed by atoms with Gasteiger partial charge in [0.25, 0.3) is 0 Å². The molecule has 0 bridgehead atoms. The lowest BCUT2D eigenvalue weighted by atomic mass is 9.98.